The standard InChI is InChI=1S/C15H24N2O2S/c1-13(2)17(11-15-9-6-10-16-15)20(18,19)12-14-7-4-3-5-8-14/h3-5,7-8,13,15-16H,6,9-12H2,1-2H3. The topological polar surface area (TPSA) is 49.4 Å². The molecule has 1 heterocycles. The molecule has 20 heavy (non-hydrogen) atoms. The number of hydrogen-bond donors (Lipinski definition) is 1. The first-order valence-corrected chi connectivity index (χ1v) is 8.87. The van der Waals surface area contributed by atoms with Gasteiger partial charge in [-0.2, -0.15) is 4.31 Å². The summed E-state index contributed by atoms with van der Waals surface area (Å²) in [7, 11) is -3.27. The molecule has 1 aromatic rings. The first-order chi connectivity index (χ1) is 9.49. The number of rotatable bonds is 6. The maximum Gasteiger partial charge on any atom is 0.218 e. The molecule has 0 spiro atoms. The Hall–Kier alpha value is -0.910. The molecular weight excluding hydrogens is 272 g/mol. The SMILES string of the molecule is CC(C)N(CC1CCCN1)S(=O)(=O)Cc1ccccc1. The van der Waals surface area contributed by atoms with E-state index in [0.29, 0.717) is 12.6 Å². The van der Waals surface area contributed by atoms with Crippen molar-refractivity contribution in [1.29, 1.82) is 0 Å². The molecule has 5 heteroatoms. The molecule has 4 nitrogen and oxygen atoms in total. The Balaban J connectivity index is 2.10. The molecule has 1 N–H and O–H groups in total. The number of nitrogens with one attached hydrogen (secondary N) is 1. The summed E-state index contributed by atoms with van der Waals surface area (Å²) in [5, 5.41) is 3.37. The van der Waals surface area contributed by atoms with E-state index in [9.17, 15) is 8.42 Å². The van der Waals surface area contributed by atoms with Crippen molar-refractivity contribution in [3.63, 3.8) is 0 Å². The normalized spacial score (nSPS) is 19.9. The lowest BCUT2D eigenvalue weighted by molar-refractivity contribution is 0.322. The molecule has 1 atom stereocenters. The minimum absolute atomic E-state index is 0.00823. The van der Waals surface area contributed by atoms with E-state index < -0.39 is 10.0 Å². The maximum atomic E-state index is 12.6. The van der Waals surface area contributed by atoms with Gasteiger partial charge >= 0.3 is 0 Å². The van der Waals surface area contributed by atoms with Gasteiger partial charge in [-0.15, -0.1) is 0 Å². The lowest BCUT2D eigenvalue weighted by Gasteiger charge is -2.28. The van der Waals surface area contributed by atoms with Gasteiger partial charge in [0.25, 0.3) is 0 Å². The summed E-state index contributed by atoms with van der Waals surface area (Å²) >= 11 is 0. The third kappa shape index (κ3) is 4.04. The minimum Gasteiger partial charge on any atom is -0.313 e. The Labute approximate surface area is 122 Å². The number of nitrogens with zero attached hydrogens (tertiary/aromatic N) is 1. The maximum absolute atomic E-state index is 12.6. The molecule has 1 aromatic carbocycles. The van der Waals surface area contributed by atoms with Crippen LogP contribution < -0.4 is 5.32 Å². The molecular formula is C15H24N2O2S. The van der Waals surface area contributed by atoms with Gasteiger partial charge in [-0.25, -0.2) is 8.42 Å². The zero-order chi connectivity index (χ0) is 14.6. The highest BCUT2D eigenvalue weighted by molar-refractivity contribution is 7.88. The van der Waals surface area contributed by atoms with Gasteiger partial charge in [0.05, 0.1) is 5.75 Å². The molecule has 2 rings (SSSR count). The predicted octanol–water partition coefficient (Wildman–Crippen LogP) is 1.98. The van der Waals surface area contributed by atoms with Crippen LogP contribution in [-0.2, 0) is 15.8 Å². The van der Waals surface area contributed by atoms with Crippen LogP contribution in [-0.4, -0.2) is 37.9 Å². The lowest BCUT2D eigenvalue weighted by Crippen LogP contribution is -2.45. The molecule has 1 saturated heterocycles. The zero-order valence-corrected chi connectivity index (χ0v) is 13.1. The number of benzene rings is 1. The van der Waals surface area contributed by atoms with Crippen molar-refractivity contribution in [1.82, 2.24) is 9.62 Å². The Morgan fingerprint density at radius 3 is 2.55 bits per heavy atom. The Bertz CT molecular complexity index is 508. The summed E-state index contributed by atoms with van der Waals surface area (Å²) in [5.41, 5.74) is 0.845. The third-order valence-corrected chi connectivity index (χ3v) is 5.67. The van der Waals surface area contributed by atoms with Crippen LogP contribution in [0.15, 0.2) is 30.3 Å². The highest BCUT2D eigenvalue weighted by atomic mass is 32.2. The second-order valence-corrected chi connectivity index (χ2v) is 7.62. The molecule has 0 aromatic heterocycles. The van der Waals surface area contributed by atoms with Crippen molar-refractivity contribution < 1.29 is 8.42 Å². The fourth-order valence-corrected chi connectivity index (χ4v) is 4.47. The molecule has 0 amide bonds. The van der Waals surface area contributed by atoms with Crippen LogP contribution >= 0.6 is 0 Å². The monoisotopic (exact) mass is 296 g/mol. The smallest absolute Gasteiger partial charge is 0.218 e. The van der Waals surface area contributed by atoms with Gasteiger partial charge in [0.2, 0.25) is 10.0 Å². The Kier molecular flexibility index (Phi) is 5.18. The summed E-state index contributed by atoms with van der Waals surface area (Å²) in [5.74, 6) is 0.0821. The molecule has 0 bridgehead atoms. The highest BCUT2D eigenvalue weighted by Gasteiger charge is 2.28. The van der Waals surface area contributed by atoms with Gasteiger partial charge in [0.15, 0.2) is 0 Å². The van der Waals surface area contributed by atoms with E-state index >= 15 is 0 Å². The van der Waals surface area contributed by atoms with Gasteiger partial charge in [-0.1, -0.05) is 30.3 Å². The lowest BCUT2D eigenvalue weighted by atomic mass is 10.2. The molecule has 1 aliphatic heterocycles. The minimum atomic E-state index is -3.27. The first kappa shape index (κ1) is 15.5. The summed E-state index contributed by atoms with van der Waals surface area (Å²) < 4.78 is 26.9. The van der Waals surface area contributed by atoms with E-state index in [1.54, 1.807) is 4.31 Å². The van der Waals surface area contributed by atoms with Crippen molar-refractivity contribution >= 4 is 10.0 Å². The zero-order valence-electron chi connectivity index (χ0n) is 12.2. The van der Waals surface area contributed by atoms with Crippen LogP contribution in [0.2, 0.25) is 0 Å². The van der Waals surface area contributed by atoms with Crippen LogP contribution in [0.25, 0.3) is 0 Å². The molecule has 112 valence electrons. The van der Waals surface area contributed by atoms with Crippen molar-refractivity contribution in [2.24, 2.45) is 0 Å². The molecule has 0 radical (unpaired) electrons. The average Bonchev–Trinajstić information content (AvgIpc) is 2.89. The van der Waals surface area contributed by atoms with Crippen LogP contribution in [0, 0.1) is 0 Å². The van der Waals surface area contributed by atoms with Crippen molar-refractivity contribution in [3.05, 3.63) is 35.9 Å². The molecule has 0 saturated carbocycles. The van der Waals surface area contributed by atoms with Crippen LogP contribution in [0.5, 0.6) is 0 Å². The Morgan fingerprint density at radius 1 is 1.30 bits per heavy atom. The van der Waals surface area contributed by atoms with E-state index in [-0.39, 0.29) is 11.8 Å². The fourth-order valence-electron chi connectivity index (χ4n) is 2.64. The second kappa shape index (κ2) is 6.70. The van der Waals surface area contributed by atoms with Crippen LogP contribution in [0.3, 0.4) is 0 Å². The van der Waals surface area contributed by atoms with Crippen molar-refractivity contribution in [3.8, 4) is 0 Å². The predicted molar refractivity (Wildman–Crippen MR) is 81.9 cm³/mol. The largest absolute Gasteiger partial charge is 0.313 e. The molecule has 1 unspecified atom stereocenters. The average molecular weight is 296 g/mol. The van der Waals surface area contributed by atoms with E-state index in [4.69, 9.17) is 0 Å². The van der Waals surface area contributed by atoms with Crippen LogP contribution in [0.1, 0.15) is 32.3 Å². The van der Waals surface area contributed by atoms with E-state index in [1.807, 2.05) is 44.2 Å². The van der Waals surface area contributed by atoms with E-state index in [2.05, 4.69) is 5.32 Å². The Morgan fingerprint density at radius 2 is 2.00 bits per heavy atom. The number of hydrogen-bond acceptors (Lipinski definition) is 3. The summed E-state index contributed by atoms with van der Waals surface area (Å²) in [6, 6.07) is 9.67. The van der Waals surface area contributed by atoms with Gasteiger partial charge in [-0.3, -0.25) is 0 Å². The summed E-state index contributed by atoms with van der Waals surface area (Å²) in [6.45, 7) is 5.46. The van der Waals surface area contributed by atoms with Gasteiger partial charge in [-0.05, 0) is 38.8 Å². The fraction of sp³-hybridized carbons (Fsp3) is 0.600. The molecule has 1 aliphatic rings. The summed E-state index contributed by atoms with van der Waals surface area (Å²) in [4.78, 5) is 0. The van der Waals surface area contributed by atoms with Crippen molar-refractivity contribution in [2.45, 2.75) is 44.5 Å². The van der Waals surface area contributed by atoms with Gasteiger partial charge in [0, 0.05) is 18.6 Å². The van der Waals surface area contributed by atoms with Crippen LogP contribution in [0.4, 0.5) is 0 Å². The molecule has 0 aliphatic carbocycles. The molecule has 1 fully saturated rings. The van der Waals surface area contributed by atoms with Gasteiger partial charge < -0.3 is 5.32 Å². The van der Waals surface area contributed by atoms with Crippen molar-refractivity contribution in [2.75, 3.05) is 13.1 Å². The first-order valence-electron chi connectivity index (χ1n) is 7.26. The second-order valence-electron chi connectivity index (χ2n) is 5.70. The van der Waals surface area contributed by atoms with E-state index in [1.165, 1.54) is 0 Å². The van der Waals surface area contributed by atoms with Gasteiger partial charge in [0.1, 0.15) is 0 Å². The number of sulfonamides is 1. The quantitative estimate of drug-likeness (QED) is 0.873. The highest BCUT2D eigenvalue weighted by Crippen LogP contribution is 2.17. The summed E-state index contributed by atoms with van der Waals surface area (Å²) in [6.07, 6.45) is 2.19. The third-order valence-electron chi connectivity index (χ3n) is 3.69. The van der Waals surface area contributed by atoms with E-state index in [0.717, 1.165) is 24.9 Å².